The van der Waals surface area contributed by atoms with E-state index in [-0.39, 0.29) is 6.42 Å². The van der Waals surface area contributed by atoms with Crippen LogP contribution in [0.4, 0.5) is 0 Å². The molecule has 1 aromatic heterocycles. The van der Waals surface area contributed by atoms with Gasteiger partial charge < -0.3 is 14.3 Å². The van der Waals surface area contributed by atoms with Crippen LogP contribution in [0, 0.1) is 0 Å². The minimum Gasteiger partial charge on any atom is -0.481 e. The largest absolute Gasteiger partial charge is 0.481 e. The Balaban J connectivity index is 2.65. The molecular formula is C7H8O4. The van der Waals surface area contributed by atoms with E-state index in [0.29, 0.717) is 11.7 Å². The fraction of sp³-hybridized carbons (Fsp3) is 0.286. The Bertz CT molecular complexity index is 251. The van der Waals surface area contributed by atoms with Crippen molar-refractivity contribution in [3.63, 3.8) is 0 Å². The number of carboxylic acid groups (broad SMARTS) is 1. The molecule has 0 saturated carbocycles. The Labute approximate surface area is 63.4 Å². The summed E-state index contributed by atoms with van der Waals surface area (Å²) >= 11 is 0. The number of hydrogen-bond acceptors (Lipinski definition) is 3. The van der Waals surface area contributed by atoms with Crippen LogP contribution in [-0.2, 0) is 11.2 Å². The fourth-order valence-electron chi connectivity index (χ4n) is 0.712. The van der Waals surface area contributed by atoms with Gasteiger partial charge in [-0.15, -0.1) is 0 Å². The van der Waals surface area contributed by atoms with Crippen molar-refractivity contribution >= 4 is 5.97 Å². The zero-order chi connectivity index (χ0) is 8.27. The first-order valence-corrected chi connectivity index (χ1v) is 3.07. The summed E-state index contributed by atoms with van der Waals surface area (Å²) in [6, 6.07) is 3.16. The molecule has 0 amide bonds. The van der Waals surface area contributed by atoms with Crippen LogP contribution in [0.3, 0.4) is 0 Å². The highest BCUT2D eigenvalue weighted by atomic mass is 16.6. The predicted octanol–water partition coefficient (Wildman–Crippen LogP) is 0.915. The van der Waals surface area contributed by atoms with Crippen molar-refractivity contribution in [1.29, 1.82) is 0 Å². The second-order valence-electron chi connectivity index (χ2n) is 2.00. The van der Waals surface area contributed by atoms with Crippen LogP contribution in [0.1, 0.15) is 5.76 Å². The molecule has 0 bridgehead atoms. The monoisotopic (exact) mass is 156 g/mol. The van der Waals surface area contributed by atoms with Crippen LogP contribution in [0.25, 0.3) is 0 Å². The molecule has 11 heavy (non-hydrogen) atoms. The van der Waals surface area contributed by atoms with E-state index in [1.807, 2.05) is 0 Å². The molecule has 0 fully saturated rings. The van der Waals surface area contributed by atoms with Crippen molar-refractivity contribution < 1.29 is 19.1 Å². The summed E-state index contributed by atoms with van der Waals surface area (Å²) in [7, 11) is 1.46. The molecule has 0 aliphatic carbocycles. The summed E-state index contributed by atoms with van der Waals surface area (Å²) in [6.45, 7) is 0. The molecule has 0 spiro atoms. The topological polar surface area (TPSA) is 59.7 Å². The Kier molecular flexibility index (Phi) is 2.15. The lowest BCUT2D eigenvalue weighted by Gasteiger charge is -1.90. The van der Waals surface area contributed by atoms with E-state index >= 15 is 0 Å². The summed E-state index contributed by atoms with van der Waals surface area (Å²) in [5.41, 5.74) is 0. The van der Waals surface area contributed by atoms with Crippen molar-refractivity contribution in [1.82, 2.24) is 0 Å². The van der Waals surface area contributed by atoms with Gasteiger partial charge in [-0.25, -0.2) is 0 Å². The van der Waals surface area contributed by atoms with E-state index in [1.165, 1.54) is 7.11 Å². The lowest BCUT2D eigenvalue weighted by molar-refractivity contribution is -0.136. The first-order valence-electron chi connectivity index (χ1n) is 3.07. The highest BCUT2D eigenvalue weighted by molar-refractivity contribution is 5.69. The van der Waals surface area contributed by atoms with Gasteiger partial charge in [-0.3, -0.25) is 4.79 Å². The third kappa shape index (κ3) is 2.00. The van der Waals surface area contributed by atoms with Crippen LogP contribution in [0.2, 0.25) is 0 Å². The van der Waals surface area contributed by atoms with Crippen LogP contribution >= 0.6 is 0 Å². The van der Waals surface area contributed by atoms with Crippen LogP contribution < -0.4 is 4.74 Å². The third-order valence-electron chi connectivity index (χ3n) is 1.16. The number of carboxylic acids is 1. The van der Waals surface area contributed by atoms with Crippen LogP contribution in [-0.4, -0.2) is 18.2 Å². The summed E-state index contributed by atoms with van der Waals surface area (Å²) in [4.78, 5) is 10.2. The van der Waals surface area contributed by atoms with Gasteiger partial charge in [-0.2, -0.15) is 0 Å². The van der Waals surface area contributed by atoms with Crippen molar-refractivity contribution in [3.8, 4) is 5.95 Å². The highest BCUT2D eigenvalue weighted by Gasteiger charge is 2.05. The lowest BCUT2D eigenvalue weighted by Crippen LogP contribution is -1.97. The van der Waals surface area contributed by atoms with Gasteiger partial charge in [0.15, 0.2) is 0 Å². The summed E-state index contributed by atoms with van der Waals surface area (Å²) in [6.07, 6.45) is -0.108. The normalized spacial score (nSPS) is 9.55. The first kappa shape index (κ1) is 7.65. The van der Waals surface area contributed by atoms with Crippen LogP contribution in [0.5, 0.6) is 5.95 Å². The average Bonchev–Trinajstić information content (AvgIpc) is 2.34. The molecule has 1 N–H and O–H groups in total. The van der Waals surface area contributed by atoms with Gasteiger partial charge in [0.25, 0.3) is 5.95 Å². The maximum Gasteiger partial charge on any atom is 0.311 e. The molecule has 0 aliphatic heterocycles. The second kappa shape index (κ2) is 3.09. The van der Waals surface area contributed by atoms with Gasteiger partial charge in [0.05, 0.1) is 7.11 Å². The minimum atomic E-state index is -0.915. The Morgan fingerprint density at radius 2 is 2.45 bits per heavy atom. The maximum absolute atomic E-state index is 10.2. The molecular weight excluding hydrogens is 148 g/mol. The van der Waals surface area contributed by atoms with Gasteiger partial charge in [0, 0.05) is 6.07 Å². The van der Waals surface area contributed by atoms with Crippen LogP contribution in [0.15, 0.2) is 16.5 Å². The molecule has 4 heteroatoms. The zero-order valence-electron chi connectivity index (χ0n) is 6.03. The van der Waals surface area contributed by atoms with E-state index in [0.717, 1.165) is 0 Å². The van der Waals surface area contributed by atoms with E-state index in [9.17, 15) is 4.79 Å². The van der Waals surface area contributed by atoms with Gasteiger partial charge in [0.1, 0.15) is 12.2 Å². The number of hydrogen-bond donors (Lipinski definition) is 1. The Morgan fingerprint density at radius 1 is 1.73 bits per heavy atom. The number of aliphatic carboxylic acids is 1. The smallest absolute Gasteiger partial charge is 0.311 e. The van der Waals surface area contributed by atoms with E-state index < -0.39 is 5.97 Å². The maximum atomic E-state index is 10.2. The van der Waals surface area contributed by atoms with E-state index in [4.69, 9.17) is 14.3 Å². The average molecular weight is 156 g/mol. The summed E-state index contributed by atoms with van der Waals surface area (Å²) in [5, 5.41) is 8.35. The lowest BCUT2D eigenvalue weighted by atomic mass is 10.3. The first-order chi connectivity index (χ1) is 5.22. The molecule has 1 aromatic rings. The molecule has 0 radical (unpaired) electrons. The van der Waals surface area contributed by atoms with E-state index in [2.05, 4.69) is 0 Å². The quantitative estimate of drug-likeness (QED) is 0.706. The molecule has 0 atom stereocenters. The van der Waals surface area contributed by atoms with Gasteiger partial charge in [-0.05, 0) is 6.07 Å². The number of ether oxygens (including phenoxy) is 1. The van der Waals surface area contributed by atoms with Gasteiger partial charge in [-0.1, -0.05) is 0 Å². The van der Waals surface area contributed by atoms with Gasteiger partial charge >= 0.3 is 5.97 Å². The Morgan fingerprint density at radius 3 is 2.91 bits per heavy atom. The predicted molar refractivity (Wildman–Crippen MR) is 36.6 cm³/mol. The van der Waals surface area contributed by atoms with Crippen molar-refractivity contribution in [3.05, 3.63) is 17.9 Å². The van der Waals surface area contributed by atoms with Crippen molar-refractivity contribution in [2.24, 2.45) is 0 Å². The molecule has 0 unspecified atom stereocenters. The second-order valence-corrected chi connectivity index (χ2v) is 2.00. The number of carbonyl (C=O) groups is 1. The number of methoxy groups -OCH3 is 1. The molecule has 0 aliphatic rings. The Hall–Kier alpha value is -1.45. The standard InChI is InChI=1S/C7H8O4/c1-10-7-3-2-5(11-7)4-6(8)9/h2-3H,4H2,1H3,(H,8,9). The summed E-state index contributed by atoms with van der Waals surface area (Å²) in [5.74, 6) is -0.183. The molecule has 0 aromatic carbocycles. The molecule has 1 rings (SSSR count). The number of rotatable bonds is 3. The summed E-state index contributed by atoms with van der Waals surface area (Å²) < 4.78 is 9.66. The van der Waals surface area contributed by atoms with Crippen molar-refractivity contribution in [2.45, 2.75) is 6.42 Å². The SMILES string of the molecule is COc1ccc(CC(=O)O)o1. The van der Waals surface area contributed by atoms with Crippen molar-refractivity contribution in [2.75, 3.05) is 7.11 Å². The number of furan rings is 1. The minimum absolute atomic E-state index is 0.108. The van der Waals surface area contributed by atoms with Gasteiger partial charge in [0.2, 0.25) is 0 Å². The molecule has 0 saturated heterocycles. The highest BCUT2D eigenvalue weighted by Crippen LogP contribution is 2.15. The van der Waals surface area contributed by atoms with E-state index in [1.54, 1.807) is 12.1 Å². The third-order valence-corrected chi connectivity index (χ3v) is 1.16. The molecule has 1 heterocycles. The zero-order valence-corrected chi connectivity index (χ0v) is 6.03. The molecule has 60 valence electrons. The fourth-order valence-corrected chi connectivity index (χ4v) is 0.712. The molecule has 4 nitrogen and oxygen atoms in total.